The number of aliphatic hydroxyl groups excluding tert-OH is 1. The van der Waals surface area contributed by atoms with Crippen molar-refractivity contribution in [3.63, 3.8) is 0 Å². The van der Waals surface area contributed by atoms with E-state index in [1.54, 1.807) is 0 Å². The van der Waals surface area contributed by atoms with Gasteiger partial charge in [0.05, 0.1) is 6.61 Å². The third-order valence-corrected chi connectivity index (χ3v) is 3.91. The summed E-state index contributed by atoms with van der Waals surface area (Å²) < 4.78 is 0. The lowest BCUT2D eigenvalue weighted by atomic mass is 9.74. The Morgan fingerprint density at radius 1 is 1.24 bits per heavy atom. The van der Waals surface area contributed by atoms with Crippen molar-refractivity contribution in [3.8, 4) is 0 Å². The summed E-state index contributed by atoms with van der Waals surface area (Å²) in [5, 5.41) is 9.07. The summed E-state index contributed by atoms with van der Waals surface area (Å²) in [6, 6.07) is 0. The largest absolute Gasteiger partial charge is 0.395 e. The van der Waals surface area contributed by atoms with Crippen molar-refractivity contribution in [1.29, 1.82) is 0 Å². The van der Waals surface area contributed by atoms with Crippen molar-refractivity contribution < 1.29 is 9.90 Å². The van der Waals surface area contributed by atoms with Gasteiger partial charge in [-0.1, -0.05) is 39.5 Å². The average Bonchev–Trinajstić information content (AvgIpc) is 2.34. The van der Waals surface area contributed by atoms with Crippen LogP contribution in [-0.4, -0.2) is 35.6 Å². The van der Waals surface area contributed by atoms with Crippen LogP contribution in [0.1, 0.15) is 58.8 Å². The van der Waals surface area contributed by atoms with E-state index in [-0.39, 0.29) is 17.9 Å². The van der Waals surface area contributed by atoms with Gasteiger partial charge in [-0.3, -0.25) is 4.79 Å². The highest BCUT2D eigenvalue weighted by Gasteiger charge is 2.37. The molecular weight excluding hydrogens is 214 g/mol. The van der Waals surface area contributed by atoms with Gasteiger partial charge in [0.15, 0.2) is 0 Å². The topological polar surface area (TPSA) is 40.5 Å². The van der Waals surface area contributed by atoms with E-state index in [1.807, 2.05) is 4.90 Å². The number of hydrogen-bond donors (Lipinski definition) is 1. The Balaban J connectivity index is 2.61. The molecular formula is C14H27NO2. The summed E-state index contributed by atoms with van der Waals surface area (Å²) in [6.07, 6.45) is 7.75. The van der Waals surface area contributed by atoms with Gasteiger partial charge in [-0.2, -0.15) is 0 Å². The molecule has 3 heteroatoms. The van der Waals surface area contributed by atoms with E-state index in [4.69, 9.17) is 5.11 Å². The first-order valence-corrected chi connectivity index (χ1v) is 7.04. The maximum absolute atomic E-state index is 12.5. The molecule has 1 amide bonds. The molecule has 1 aliphatic rings. The number of aliphatic hydroxyl groups is 1. The van der Waals surface area contributed by atoms with Gasteiger partial charge in [-0.25, -0.2) is 0 Å². The Bertz CT molecular complexity index is 234. The molecule has 0 aromatic heterocycles. The highest BCUT2D eigenvalue weighted by molar-refractivity contribution is 5.82. The maximum atomic E-state index is 12.5. The molecule has 0 saturated heterocycles. The number of rotatable bonds is 6. The van der Waals surface area contributed by atoms with Gasteiger partial charge in [0.25, 0.3) is 0 Å². The maximum Gasteiger partial charge on any atom is 0.228 e. The van der Waals surface area contributed by atoms with E-state index >= 15 is 0 Å². The van der Waals surface area contributed by atoms with Crippen LogP contribution in [0.25, 0.3) is 0 Å². The second-order valence-corrected chi connectivity index (χ2v) is 5.49. The average molecular weight is 241 g/mol. The zero-order valence-electron chi connectivity index (χ0n) is 11.4. The SMILES string of the molecule is CCCCN(CCO)C(=O)C1(C)CCCCC1. The summed E-state index contributed by atoms with van der Waals surface area (Å²) >= 11 is 0. The summed E-state index contributed by atoms with van der Waals surface area (Å²) in [5.41, 5.74) is -0.166. The summed E-state index contributed by atoms with van der Waals surface area (Å²) in [6.45, 7) is 5.60. The minimum absolute atomic E-state index is 0.0749. The van der Waals surface area contributed by atoms with Crippen LogP contribution in [0, 0.1) is 5.41 Å². The molecule has 0 heterocycles. The smallest absolute Gasteiger partial charge is 0.228 e. The summed E-state index contributed by atoms with van der Waals surface area (Å²) in [5.74, 6) is 0.264. The molecule has 1 saturated carbocycles. The third kappa shape index (κ3) is 3.98. The molecule has 17 heavy (non-hydrogen) atoms. The molecule has 0 spiro atoms. The molecule has 1 rings (SSSR count). The summed E-state index contributed by atoms with van der Waals surface area (Å²) in [4.78, 5) is 14.4. The quantitative estimate of drug-likeness (QED) is 0.776. The number of nitrogens with zero attached hydrogens (tertiary/aromatic N) is 1. The molecule has 0 unspecified atom stereocenters. The second-order valence-electron chi connectivity index (χ2n) is 5.49. The molecule has 100 valence electrons. The number of hydrogen-bond acceptors (Lipinski definition) is 2. The van der Waals surface area contributed by atoms with Gasteiger partial charge >= 0.3 is 0 Å². The van der Waals surface area contributed by atoms with Crippen LogP contribution < -0.4 is 0 Å². The normalized spacial score (nSPS) is 19.0. The first-order chi connectivity index (χ1) is 8.14. The predicted molar refractivity (Wildman–Crippen MR) is 69.8 cm³/mol. The van der Waals surface area contributed by atoms with Crippen molar-refractivity contribution in [2.24, 2.45) is 5.41 Å². The Hall–Kier alpha value is -0.570. The molecule has 0 atom stereocenters. The number of amides is 1. The van der Waals surface area contributed by atoms with Crippen LogP contribution in [0.4, 0.5) is 0 Å². The Labute approximate surface area is 105 Å². The van der Waals surface area contributed by atoms with Gasteiger partial charge in [0, 0.05) is 18.5 Å². The second kappa shape index (κ2) is 7.00. The van der Waals surface area contributed by atoms with E-state index < -0.39 is 0 Å². The fraction of sp³-hybridized carbons (Fsp3) is 0.929. The van der Waals surface area contributed by atoms with Crippen LogP contribution in [-0.2, 0) is 4.79 Å². The minimum Gasteiger partial charge on any atom is -0.395 e. The van der Waals surface area contributed by atoms with Crippen LogP contribution in [0.5, 0.6) is 0 Å². The van der Waals surface area contributed by atoms with Crippen molar-refractivity contribution >= 4 is 5.91 Å². The molecule has 0 aromatic rings. The van der Waals surface area contributed by atoms with Gasteiger partial charge in [-0.05, 0) is 19.3 Å². The van der Waals surface area contributed by atoms with Gasteiger partial charge in [-0.15, -0.1) is 0 Å². The lowest BCUT2D eigenvalue weighted by molar-refractivity contribution is -0.143. The summed E-state index contributed by atoms with van der Waals surface area (Å²) in [7, 11) is 0. The molecule has 0 radical (unpaired) electrons. The lowest BCUT2D eigenvalue weighted by Gasteiger charge is -2.37. The molecule has 0 aromatic carbocycles. The molecule has 3 nitrogen and oxygen atoms in total. The number of unbranched alkanes of at least 4 members (excludes halogenated alkanes) is 1. The predicted octanol–water partition coefficient (Wildman–Crippen LogP) is 2.58. The van der Waals surface area contributed by atoms with Gasteiger partial charge in [0.2, 0.25) is 5.91 Å². The van der Waals surface area contributed by atoms with Gasteiger partial charge < -0.3 is 10.0 Å². The van der Waals surface area contributed by atoms with Crippen molar-refractivity contribution in [2.75, 3.05) is 19.7 Å². The van der Waals surface area contributed by atoms with E-state index in [9.17, 15) is 4.79 Å². The van der Waals surface area contributed by atoms with E-state index in [0.717, 1.165) is 32.2 Å². The standard InChI is InChI=1S/C14H27NO2/c1-3-4-10-15(11-12-16)13(17)14(2)8-6-5-7-9-14/h16H,3-12H2,1-2H3. The highest BCUT2D eigenvalue weighted by Crippen LogP contribution is 2.37. The first-order valence-electron chi connectivity index (χ1n) is 7.04. The van der Waals surface area contributed by atoms with Crippen molar-refractivity contribution in [2.45, 2.75) is 58.8 Å². The Morgan fingerprint density at radius 3 is 2.41 bits per heavy atom. The van der Waals surface area contributed by atoms with Crippen LogP contribution in [0.2, 0.25) is 0 Å². The van der Waals surface area contributed by atoms with E-state index in [1.165, 1.54) is 19.3 Å². The van der Waals surface area contributed by atoms with Crippen LogP contribution in [0.15, 0.2) is 0 Å². The first kappa shape index (κ1) is 14.5. The minimum atomic E-state index is -0.166. The zero-order chi connectivity index (χ0) is 12.7. The van der Waals surface area contributed by atoms with Crippen molar-refractivity contribution in [3.05, 3.63) is 0 Å². The number of carbonyl (C=O) groups is 1. The van der Waals surface area contributed by atoms with E-state index in [2.05, 4.69) is 13.8 Å². The Kier molecular flexibility index (Phi) is 5.96. The highest BCUT2D eigenvalue weighted by atomic mass is 16.3. The molecule has 0 bridgehead atoms. The number of carbonyl (C=O) groups excluding carboxylic acids is 1. The monoisotopic (exact) mass is 241 g/mol. The van der Waals surface area contributed by atoms with Crippen LogP contribution >= 0.6 is 0 Å². The Morgan fingerprint density at radius 2 is 1.88 bits per heavy atom. The molecule has 1 fully saturated rings. The van der Waals surface area contributed by atoms with E-state index in [0.29, 0.717) is 6.54 Å². The molecule has 0 aliphatic heterocycles. The fourth-order valence-electron chi connectivity index (χ4n) is 2.71. The fourth-order valence-corrected chi connectivity index (χ4v) is 2.71. The molecule has 1 aliphatic carbocycles. The lowest BCUT2D eigenvalue weighted by Crippen LogP contribution is -2.45. The van der Waals surface area contributed by atoms with Crippen LogP contribution in [0.3, 0.4) is 0 Å². The van der Waals surface area contributed by atoms with Gasteiger partial charge in [0.1, 0.15) is 0 Å². The zero-order valence-corrected chi connectivity index (χ0v) is 11.4. The third-order valence-electron chi connectivity index (χ3n) is 3.91. The molecule has 1 N–H and O–H groups in total. The van der Waals surface area contributed by atoms with Crippen molar-refractivity contribution in [1.82, 2.24) is 4.90 Å².